The number of nitriles is 1. The van der Waals surface area contributed by atoms with Crippen molar-refractivity contribution in [2.24, 2.45) is 0 Å². The van der Waals surface area contributed by atoms with Crippen molar-refractivity contribution in [3.8, 4) is 11.9 Å². The molecule has 122 valence electrons. The summed E-state index contributed by atoms with van der Waals surface area (Å²) in [6.07, 6.45) is 6.12. The fourth-order valence-corrected chi connectivity index (χ4v) is 1.63. The maximum atomic E-state index is 10.5. The first-order valence-corrected chi connectivity index (χ1v) is 7.05. The number of carbonyl (C=O) groups excluding carboxylic acids is 1. The van der Waals surface area contributed by atoms with E-state index in [0.717, 1.165) is 13.1 Å². The van der Waals surface area contributed by atoms with Gasteiger partial charge >= 0.3 is 0 Å². The molecule has 0 saturated carbocycles. The highest BCUT2D eigenvalue weighted by molar-refractivity contribution is 5.76. The molecule has 0 aliphatic carbocycles. The lowest BCUT2D eigenvalue weighted by molar-refractivity contribution is 0.111. The van der Waals surface area contributed by atoms with Gasteiger partial charge in [0.2, 0.25) is 5.88 Å². The molecule has 0 aliphatic heterocycles. The normalized spacial score (nSPS) is 9.43. The smallest absolute Gasteiger partial charge is 0.234 e. The lowest BCUT2D eigenvalue weighted by atomic mass is 10.2. The van der Waals surface area contributed by atoms with Gasteiger partial charge in [0.1, 0.15) is 17.3 Å². The van der Waals surface area contributed by atoms with Crippen molar-refractivity contribution < 1.29 is 9.53 Å². The number of hydrogen-bond acceptors (Lipinski definition) is 7. The van der Waals surface area contributed by atoms with Crippen LogP contribution in [-0.2, 0) is 6.54 Å². The number of likely N-dealkylation sites (N-methyl/N-ethyl adjacent to an activating group) is 1. The molecule has 3 N–H and O–H groups in total. The molecular formula is C15H20N6O2. The number of nitrogens with one attached hydrogen (secondary N) is 1. The topological polar surface area (TPSA) is 119 Å². The molecule has 0 radical (unpaired) electrons. The van der Waals surface area contributed by atoms with E-state index in [1.165, 1.54) is 6.07 Å². The summed E-state index contributed by atoms with van der Waals surface area (Å²) >= 11 is 0. The number of rotatable bonds is 6. The van der Waals surface area contributed by atoms with Gasteiger partial charge < -0.3 is 20.4 Å². The summed E-state index contributed by atoms with van der Waals surface area (Å²) in [5.74, 6) is 0.108. The number of nitrogens with two attached hydrogens (primary N) is 1. The minimum atomic E-state index is 0.108. The third kappa shape index (κ3) is 5.76. The number of aldehydes is 1. The predicted octanol–water partition coefficient (Wildman–Crippen LogP) is 0.849. The number of hydrogen-bond donors (Lipinski definition) is 2. The van der Waals surface area contributed by atoms with E-state index in [9.17, 15) is 4.79 Å². The number of imidazole rings is 1. The summed E-state index contributed by atoms with van der Waals surface area (Å²) in [6.45, 7) is 4.11. The van der Waals surface area contributed by atoms with E-state index in [1.54, 1.807) is 13.1 Å². The molecule has 2 rings (SSSR count). The Kier molecular flexibility index (Phi) is 7.82. The number of carbonyl (C=O) groups is 1. The van der Waals surface area contributed by atoms with Crippen LogP contribution in [0.2, 0.25) is 0 Å². The molecule has 2 aromatic rings. The number of anilines is 1. The monoisotopic (exact) mass is 316 g/mol. The molecule has 0 unspecified atom stereocenters. The molecule has 8 nitrogen and oxygen atoms in total. The van der Waals surface area contributed by atoms with Crippen LogP contribution in [0.4, 0.5) is 5.69 Å². The van der Waals surface area contributed by atoms with E-state index in [2.05, 4.69) is 15.3 Å². The van der Waals surface area contributed by atoms with Gasteiger partial charge in [-0.1, -0.05) is 0 Å². The summed E-state index contributed by atoms with van der Waals surface area (Å²) in [4.78, 5) is 18.2. The second kappa shape index (κ2) is 9.92. The third-order valence-electron chi connectivity index (χ3n) is 2.73. The van der Waals surface area contributed by atoms with Gasteiger partial charge in [0.25, 0.3) is 0 Å². The predicted molar refractivity (Wildman–Crippen MR) is 86.1 cm³/mol. The van der Waals surface area contributed by atoms with Crippen molar-refractivity contribution in [2.75, 3.05) is 25.9 Å². The van der Waals surface area contributed by atoms with Crippen molar-refractivity contribution in [1.29, 1.82) is 5.26 Å². The highest BCUT2D eigenvalue weighted by atomic mass is 16.5. The number of nitrogens with zero attached hydrogens (tertiary/aromatic N) is 4. The molecule has 0 aliphatic rings. The SMILES string of the molecule is CCOc1nc(C=O)cc(N)c1C#N.CNCCn1ccnc1. The summed E-state index contributed by atoms with van der Waals surface area (Å²) in [6, 6.07) is 3.21. The number of aromatic nitrogens is 3. The molecule has 2 aromatic heterocycles. The zero-order chi connectivity index (χ0) is 17.1. The fraction of sp³-hybridized carbons (Fsp3) is 0.333. The molecule has 23 heavy (non-hydrogen) atoms. The summed E-state index contributed by atoms with van der Waals surface area (Å²) in [5.41, 5.74) is 6.06. The highest BCUT2D eigenvalue weighted by Crippen LogP contribution is 2.21. The van der Waals surface area contributed by atoms with Gasteiger partial charge in [0, 0.05) is 25.5 Å². The Morgan fingerprint density at radius 3 is 2.87 bits per heavy atom. The van der Waals surface area contributed by atoms with Crippen LogP contribution in [0.3, 0.4) is 0 Å². The first-order valence-electron chi connectivity index (χ1n) is 7.05. The second-order valence-corrected chi connectivity index (χ2v) is 4.38. The number of nitrogen functional groups attached to an aromatic ring is 1. The van der Waals surface area contributed by atoms with Crippen molar-refractivity contribution in [3.63, 3.8) is 0 Å². The van der Waals surface area contributed by atoms with Gasteiger partial charge in [-0.2, -0.15) is 5.26 Å². The number of ether oxygens (including phenoxy) is 1. The van der Waals surface area contributed by atoms with E-state index in [1.807, 2.05) is 30.2 Å². The highest BCUT2D eigenvalue weighted by Gasteiger charge is 2.10. The Morgan fingerprint density at radius 1 is 1.57 bits per heavy atom. The van der Waals surface area contributed by atoms with E-state index in [0.29, 0.717) is 12.9 Å². The zero-order valence-corrected chi connectivity index (χ0v) is 13.2. The summed E-state index contributed by atoms with van der Waals surface area (Å²) < 4.78 is 7.12. The molecule has 0 amide bonds. The lowest BCUT2D eigenvalue weighted by Crippen LogP contribution is -2.13. The summed E-state index contributed by atoms with van der Waals surface area (Å²) in [5, 5.41) is 11.8. The van der Waals surface area contributed by atoms with Crippen LogP contribution in [0.5, 0.6) is 5.88 Å². The van der Waals surface area contributed by atoms with Gasteiger partial charge in [-0.25, -0.2) is 9.97 Å². The first-order chi connectivity index (χ1) is 11.2. The van der Waals surface area contributed by atoms with Crippen LogP contribution in [0.1, 0.15) is 23.0 Å². The van der Waals surface area contributed by atoms with E-state index >= 15 is 0 Å². The average molecular weight is 316 g/mol. The maximum absolute atomic E-state index is 10.5. The van der Waals surface area contributed by atoms with Crippen LogP contribution >= 0.6 is 0 Å². The minimum Gasteiger partial charge on any atom is -0.477 e. The fourth-order valence-electron chi connectivity index (χ4n) is 1.63. The Labute approximate surface area is 134 Å². The van der Waals surface area contributed by atoms with Gasteiger partial charge in [0.05, 0.1) is 18.6 Å². The van der Waals surface area contributed by atoms with E-state index < -0.39 is 0 Å². The standard InChI is InChI=1S/C9H9N3O2.C6H11N3/c1-2-14-9-7(4-10)8(11)3-6(5-13)12-9;1-7-2-4-9-5-3-8-6-9/h3,5H,2H2,1H3,(H2,11,12);3,5-7H,2,4H2,1H3. The maximum Gasteiger partial charge on any atom is 0.234 e. The molecule has 8 heteroatoms. The van der Waals surface area contributed by atoms with Crippen molar-refractivity contribution in [2.45, 2.75) is 13.5 Å². The van der Waals surface area contributed by atoms with E-state index in [-0.39, 0.29) is 22.8 Å². The van der Waals surface area contributed by atoms with Crippen LogP contribution in [-0.4, -0.2) is 41.0 Å². The van der Waals surface area contributed by atoms with Crippen LogP contribution in [0, 0.1) is 11.3 Å². The van der Waals surface area contributed by atoms with E-state index in [4.69, 9.17) is 15.7 Å². The first kappa shape index (κ1) is 18.1. The Morgan fingerprint density at radius 2 is 2.35 bits per heavy atom. The molecule has 0 aromatic carbocycles. The molecule has 0 bridgehead atoms. The Bertz CT molecular complexity index is 649. The van der Waals surface area contributed by atoms with Crippen molar-refractivity contribution >= 4 is 12.0 Å². The van der Waals surface area contributed by atoms with Crippen LogP contribution in [0.15, 0.2) is 24.8 Å². The van der Waals surface area contributed by atoms with Gasteiger partial charge in [-0.3, -0.25) is 4.79 Å². The molecule has 2 heterocycles. The van der Waals surface area contributed by atoms with Gasteiger partial charge in [0.15, 0.2) is 6.29 Å². The minimum absolute atomic E-state index is 0.108. The Balaban J connectivity index is 0.000000253. The van der Waals surface area contributed by atoms with Gasteiger partial charge in [-0.15, -0.1) is 0 Å². The van der Waals surface area contributed by atoms with Crippen LogP contribution < -0.4 is 15.8 Å². The second-order valence-electron chi connectivity index (χ2n) is 4.38. The molecule has 0 saturated heterocycles. The molecule has 0 fully saturated rings. The number of pyridine rings is 1. The lowest BCUT2D eigenvalue weighted by Gasteiger charge is -2.06. The molecular weight excluding hydrogens is 296 g/mol. The van der Waals surface area contributed by atoms with Gasteiger partial charge in [-0.05, 0) is 20.0 Å². The Hall–Kier alpha value is -2.92. The van der Waals surface area contributed by atoms with Crippen molar-refractivity contribution in [3.05, 3.63) is 36.0 Å². The van der Waals surface area contributed by atoms with Crippen molar-refractivity contribution in [1.82, 2.24) is 19.9 Å². The third-order valence-corrected chi connectivity index (χ3v) is 2.73. The summed E-state index contributed by atoms with van der Waals surface area (Å²) in [7, 11) is 1.94. The molecule has 0 atom stereocenters. The average Bonchev–Trinajstić information content (AvgIpc) is 3.07. The molecule has 0 spiro atoms. The largest absolute Gasteiger partial charge is 0.477 e. The quantitative estimate of drug-likeness (QED) is 0.758. The zero-order valence-electron chi connectivity index (χ0n) is 13.2. The van der Waals surface area contributed by atoms with Crippen LogP contribution in [0.25, 0.3) is 0 Å².